The molecule has 1 saturated carbocycles. The molecule has 0 radical (unpaired) electrons. The Labute approximate surface area is 193 Å². The van der Waals surface area contributed by atoms with Gasteiger partial charge in [-0.2, -0.15) is 0 Å². The summed E-state index contributed by atoms with van der Waals surface area (Å²) in [6, 6.07) is 11.5. The highest BCUT2D eigenvalue weighted by atomic mass is 127. The maximum Gasteiger partial charge on any atom is 0.235 e. The van der Waals surface area contributed by atoms with E-state index in [1.54, 1.807) is 42.6 Å². The summed E-state index contributed by atoms with van der Waals surface area (Å²) in [6.45, 7) is 0.125. The Morgan fingerprint density at radius 3 is 2.68 bits per heavy atom. The molecule has 7 nitrogen and oxygen atoms in total. The first-order valence-electron chi connectivity index (χ1n) is 9.54. The smallest absolute Gasteiger partial charge is 0.235 e. The fraction of sp³-hybridized carbons (Fsp3) is 0.190. The van der Waals surface area contributed by atoms with Gasteiger partial charge in [0.1, 0.15) is 11.6 Å². The van der Waals surface area contributed by atoms with Crippen molar-refractivity contribution < 1.29 is 17.5 Å². The van der Waals surface area contributed by atoms with E-state index in [9.17, 15) is 12.8 Å². The molecule has 1 aromatic heterocycles. The minimum Gasteiger partial charge on any atom is -0.455 e. The van der Waals surface area contributed by atoms with Crippen molar-refractivity contribution in [3.05, 3.63) is 69.8 Å². The van der Waals surface area contributed by atoms with E-state index in [-0.39, 0.29) is 11.8 Å². The Balaban J connectivity index is 1.57. The number of ether oxygens (including phenoxy) is 1. The van der Waals surface area contributed by atoms with Crippen LogP contribution in [0, 0.1) is 9.39 Å². The fourth-order valence-electron chi connectivity index (χ4n) is 2.99. The first-order valence-corrected chi connectivity index (χ1v) is 12.2. The summed E-state index contributed by atoms with van der Waals surface area (Å²) < 4.78 is 47.9. The summed E-state index contributed by atoms with van der Waals surface area (Å²) in [7, 11) is -3.38. The summed E-state index contributed by atoms with van der Waals surface area (Å²) in [5.74, 6) is 0.419. The van der Waals surface area contributed by atoms with E-state index in [1.807, 2.05) is 22.6 Å². The molecule has 0 unspecified atom stereocenters. The zero-order chi connectivity index (χ0) is 22.0. The fourth-order valence-corrected chi connectivity index (χ4v) is 4.82. The van der Waals surface area contributed by atoms with Crippen LogP contribution in [0.4, 0.5) is 21.5 Å². The van der Waals surface area contributed by atoms with Crippen molar-refractivity contribution in [3.8, 4) is 11.5 Å². The number of nitrogens with zero attached hydrogens (tertiary/aromatic N) is 1. The lowest BCUT2D eigenvalue weighted by Crippen LogP contribution is -2.17. The van der Waals surface area contributed by atoms with E-state index in [4.69, 9.17) is 10.5 Å². The van der Waals surface area contributed by atoms with Gasteiger partial charge >= 0.3 is 0 Å². The van der Waals surface area contributed by atoms with Crippen LogP contribution in [0.15, 0.2) is 54.9 Å². The minimum atomic E-state index is -3.38. The molecular formula is C21H20FIN4O3S. The average Bonchev–Trinajstić information content (AvgIpc) is 3.56. The molecule has 1 heterocycles. The van der Waals surface area contributed by atoms with Crippen molar-refractivity contribution in [3.63, 3.8) is 0 Å². The van der Waals surface area contributed by atoms with E-state index < -0.39 is 15.8 Å². The van der Waals surface area contributed by atoms with Crippen LogP contribution in [0.3, 0.4) is 0 Å². The lowest BCUT2D eigenvalue weighted by atomic mass is 10.2. The average molecular weight is 554 g/mol. The van der Waals surface area contributed by atoms with Gasteiger partial charge in [0.2, 0.25) is 10.0 Å². The number of pyridine rings is 1. The van der Waals surface area contributed by atoms with Gasteiger partial charge in [-0.3, -0.25) is 9.71 Å². The zero-order valence-corrected chi connectivity index (χ0v) is 19.3. The van der Waals surface area contributed by atoms with Crippen LogP contribution in [0.1, 0.15) is 18.4 Å². The molecule has 4 rings (SSSR count). The first-order chi connectivity index (χ1) is 14.9. The van der Waals surface area contributed by atoms with E-state index >= 15 is 0 Å². The summed E-state index contributed by atoms with van der Waals surface area (Å²) in [5, 5.41) is 2.69. The van der Waals surface area contributed by atoms with Crippen molar-refractivity contribution in [2.75, 3.05) is 10.0 Å². The summed E-state index contributed by atoms with van der Waals surface area (Å²) in [6.07, 6.45) is 4.42. The van der Waals surface area contributed by atoms with Crippen LogP contribution in [-0.2, 0) is 16.6 Å². The Morgan fingerprint density at radius 2 is 1.97 bits per heavy atom. The SMILES string of the molecule is NCc1c(Nc2ccc(I)cc2F)cncc1Oc1cccc(NS(=O)(=O)C2CC2)c1. The third kappa shape index (κ3) is 5.25. The standard InChI is InChI=1S/C21H20FIN4O3S/c22-18-8-13(23)4-7-19(18)26-20-11-25-12-21(17(20)10-24)30-15-3-1-2-14(9-15)27-31(28,29)16-5-6-16/h1-4,7-9,11-12,16,26-27H,5-6,10,24H2. The molecule has 1 aliphatic rings. The van der Waals surface area contributed by atoms with Gasteiger partial charge < -0.3 is 15.8 Å². The molecule has 2 aromatic carbocycles. The number of sulfonamides is 1. The molecule has 4 N–H and O–H groups in total. The van der Waals surface area contributed by atoms with Crippen LogP contribution in [0.25, 0.3) is 0 Å². The van der Waals surface area contributed by atoms with Gasteiger partial charge in [-0.1, -0.05) is 6.07 Å². The Kier molecular flexibility index (Phi) is 6.30. The number of aromatic nitrogens is 1. The molecule has 0 amide bonds. The van der Waals surface area contributed by atoms with Crippen LogP contribution in [-0.4, -0.2) is 18.7 Å². The predicted molar refractivity (Wildman–Crippen MR) is 127 cm³/mol. The molecular weight excluding hydrogens is 534 g/mol. The van der Waals surface area contributed by atoms with Gasteiger partial charge in [0.05, 0.1) is 34.7 Å². The van der Waals surface area contributed by atoms with E-state index in [2.05, 4.69) is 15.0 Å². The number of anilines is 3. The van der Waals surface area contributed by atoms with Gasteiger partial charge in [-0.15, -0.1) is 0 Å². The zero-order valence-electron chi connectivity index (χ0n) is 16.3. The molecule has 1 fully saturated rings. The van der Waals surface area contributed by atoms with Crippen molar-refractivity contribution in [2.45, 2.75) is 24.6 Å². The first kappa shape index (κ1) is 21.8. The Bertz CT molecular complexity index is 1220. The van der Waals surface area contributed by atoms with Gasteiger partial charge in [-0.25, -0.2) is 12.8 Å². The third-order valence-corrected chi connectivity index (χ3v) is 7.25. The van der Waals surface area contributed by atoms with Gasteiger partial charge in [0.25, 0.3) is 0 Å². The molecule has 0 spiro atoms. The number of nitrogens with one attached hydrogen (secondary N) is 2. The van der Waals surface area contributed by atoms with Crippen molar-refractivity contribution in [1.29, 1.82) is 0 Å². The molecule has 31 heavy (non-hydrogen) atoms. The van der Waals surface area contributed by atoms with Crippen molar-refractivity contribution in [1.82, 2.24) is 4.98 Å². The summed E-state index contributed by atoms with van der Waals surface area (Å²) in [5.41, 5.74) is 7.78. The van der Waals surface area contributed by atoms with Crippen molar-refractivity contribution >= 4 is 49.7 Å². The lowest BCUT2D eigenvalue weighted by Gasteiger charge is -2.16. The molecule has 1 aliphatic carbocycles. The molecule has 0 bridgehead atoms. The maximum atomic E-state index is 14.3. The van der Waals surface area contributed by atoms with Gasteiger partial charge in [0, 0.05) is 21.7 Å². The number of benzene rings is 2. The normalized spacial score (nSPS) is 13.6. The molecule has 162 valence electrons. The molecule has 0 aliphatic heterocycles. The van der Waals surface area contributed by atoms with Crippen LogP contribution < -0.4 is 20.5 Å². The van der Waals surface area contributed by atoms with Crippen LogP contribution >= 0.6 is 22.6 Å². The molecule has 0 atom stereocenters. The van der Waals surface area contributed by atoms with Crippen molar-refractivity contribution in [2.24, 2.45) is 5.73 Å². The number of hydrogen-bond donors (Lipinski definition) is 3. The molecule has 0 saturated heterocycles. The number of nitrogens with two attached hydrogens (primary N) is 1. The van der Waals surface area contributed by atoms with E-state index in [0.29, 0.717) is 47.0 Å². The molecule has 10 heteroatoms. The Morgan fingerprint density at radius 1 is 1.16 bits per heavy atom. The van der Waals surface area contributed by atoms with Crippen LogP contribution in [0.2, 0.25) is 0 Å². The lowest BCUT2D eigenvalue weighted by molar-refractivity contribution is 0.474. The third-order valence-electron chi connectivity index (χ3n) is 4.71. The van der Waals surface area contributed by atoms with E-state index in [1.165, 1.54) is 12.3 Å². The number of hydrogen-bond acceptors (Lipinski definition) is 6. The minimum absolute atomic E-state index is 0.125. The predicted octanol–water partition coefficient (Wildman–Crippen LogP) is 4.72. The second-order valence-electron chi connectivity index (χ2n) is 7.09. The topological polar surface area (TPSA) is 106 Å². The molecule has 3 aromatic rings. The second-order valence-corrected chi connectivity index (χ2v) is 10.3. The number of rotatable bonds is 8. The quantitative estimate of drug-likeness (QED) is 0.348. The summed E-state index contributed by atoms with van der Waals surface area (Å²) in [4.78, 5) is 4.17. The van der Waals surface area contributed by atoms with E-state index in [0.717, 1.165) is 3.57 Å². The monoisotopic (exact) mass is 554 g/mol. The van der Waals surface area contributed by atoms with Crippen LogP contribution in [0.5, 0.6) is 11.5 Å². The highest BCUT2D eigenvalue weighted by Crippen LogP contribution is 2.34. The van der Waals surface area contributed by atoms with Gasteiger partial charge in [-0.05, 0) is 65.8 Å². The van der Waals surface area contributed by atoms with Gasteiger partial charge in [0.15, 0.2) is 5.75 Å². The number of halogens is 2. The maximum absolute atomic E-state index is 14.3. The largest absolute Gasteiger partial charge is 0.455 e. The highest BCUT2D eigenvalue weighted by Gasteiger charge is 2.35. The highest BCUT2D eigenvalue weighted by molar-refractivity contribution is 14.1. The summed E-state index contributed by atoms with van der Waals surface area (Å²) >= 11 is 2.04. The Hall–Kier alpha value is -2.44. The second kappa shape index (κ2) is 8.97.